The second kappa shape index (κ2) is 8.26. The molecule has 8 nitrogen and oxygen atoms in total. The number of nitrogens with two attached hydrogens (primary N) is 1. The molecule has 1 amide bonds. The second-order valence-corrected chi connectivity index (χ2v) is 7.32. The molecule has 0 radical (unpaired) electrons. The number of carbonyl (C=O) groups excluding carboxylic acids is 1. The normalized spacial score (nSPS) is 18.4. The van der Waals surface area contributed by atoms with Crippen LogP contribution in [0.2, 0.25) is 0 Å². The molecular formula is C23H23FN6O2. The SMILES string of the molecule is CCn1cc(C2(c3cccc(-c4cccnc4F)c3)N=C(N)N(C)C2=O)cc1C=NOC. The molecule has 0 saturated heterocycles. The van der Waals surface area contributed by atoms with Crippen molar-refractivity contribution in [1.29, 1.82) is 0 Å². The third-order valence-corrected chi connectivity index (χ3v) is 5.57. The number of guanidine groups is 1. The standard InChI is InChI=1S/C23H23FN6O2/c1-4-30-14-17(12-18(30)13-27-32-3)23(21(31)29(2)22(25)28-23)16-8-5-7-15(11-16)19-9-6-10-26-20(19)24/h5-14H,4H2,1-3H3,(H2,25,28). The van der Waals surface area contributed by atoms with Crippen molar-refractivity contribution in [2.75, 3.05) is 14.2 Å². The number of halogens is 1. The molecule has 2 aromatic heterocycles. The Morgan fingerprint density at radius 3 is 2.72 bits per heavy atom. The fourth-order valence-electron chi connectivity index (χ4n) is 3.91. The van der Waals surface area contributed by atoms with Crippen LogP contribution in [0.15, 0.2) is 65.0 Å². The zero-order chi connectivity index (χ0) is 22.9. The number of aryl methyl sites for hydroxylation is 1. The Bertz CT molecular complexity index is 1230. The highest BCUT2D eigenvalue weighted by molar-refractivity contribution is 6.09. The van der Waals surface area contributed by atoms with Crippen LogP contribution in [0.5, 0.6) is 0 Å². The number of rotatable bonds is 6. The number of hydrogen-bond donors (Lipinski definition) is 1. The summed E-state index contributed by atoms with van der Waals surface area (Å²) in [5, 5.41) is 3.85. The summed E-state index contributed by atoms with van der Waals surface area (Å²) < 4.78 is 16.3. The maximum atomic E-state index is 14.4. The highest BCUT2D eigenvalue weighted by Crippen LogP contribution is 2.41. The van der Waals surface area contributed by atoms with Crippen molar-refractivity contribution in [1.82, 2.24) is 14.5 Å². The fourth-order valence-corrected chi connectivity index (χ4v) is 3.91. The molecule has 0 bridgehead atoms. The molecule has 1 atom stereocenters. The zero-order valence-corrected chi connectivity index (χ0v) is 18.0. The van der Waals surface area contributed by atoms with Gasteiger partial charge in [0.2, 0.25) is 5.95 Å². The number of benzene rings is 1. The molecule has 164 valence electrons. The van der Waals surface area contributed by atoms with Gasteiger partial charge in [0, 0.05) is 37.1 Å². The number of hydrogen-bond acceptors (Lipinski definition) is 6. The molecule has 1 aromatic carbocycles. The Balaban J connectivity index is 1.94. The number of aliphatic imine (C=N–C) groups is 1. The average molecular weight is 434 g/mol. The molecule has 0 aliphatic carbocycles. The van der Waals surface area contributed by atoms with Crippen molar-refractivity contribution in [3.63, 3.8) is 0 Å². The summed E-state index contributed by atoms with van der Waals surface area (Å²) in [6.07, 6.45) is 4.81. The number of amides is 1. The van der Waals surface area contributed by atoms with Crippen molar-refractivity contribution in [3.8, 4) is 11.1 Å². The second-order valence-electron chi connectivity index (χ2n) is 7.32. The average Bonchev–Trinajstić information content (AvgIpc) is 3.33. The highest BCUT2D eigenvalue weighted by atomic mass is 19.1. The summed E-state index contributed by atoms with van der Waals surface area (Å²) in [6, 6.07) is 12.2. The van der Waals surface area contributed by atoms with Gasteiger partial charge in [-0.15, -0.1) is 0 Å². The third-order valence-electron chi connectivity index (χ3n) is 5.57. The molecule has 32 heavy (non-hydrogen) atoms. The zero-order valence-electron chi connectivity index (χ0n) is 18.0. The van der Waals surface area contributed by atoms with E-state index in [-0.39, 0.29) is 11.9 Å². The molecule has 3 aromatic rings. The summed E-state index contributed by atoms with van der Waals surface area (Å²) in [6.45, 7) is 2.62. The van der Waals surface area contributed by atoms with Crippen LogP contribution in [0.3, 0.4) is 0 Å². The van der Waals surface area contributed by atoms with E-state index >= 15 is 0 Å². The van der Waals surface area contributed by atoms with E-state index in [0.29, 0.717) is 28.8 Å². The lowest BCUT2D eigenvalue weighted by molar-refractivity contribution is -0.129. The summed E-state index contributed by atoms with van der Waals surface area (Å²) >= 11 is 0. The van der Waals surface area contributed by atoms with Crippen LogP contribution < -0.4 is 5.73 Å². The molecule has 3 heterocycles. The molecule has 0 spiro atoms. The molecule has 4 rings (SSSR count). The maximum Gasteiger partial charge on any atom is 0.266 e. The monoisotopic (exact) mass is 434 g/mol. The van der Waals surface area contributed by atoms with Gasteiger partial charge in [-0.25, -0.2) is 9.98 Å². The molecule has 9 heteroatoms. The molecule has 1 unspecified atom stereocenters. The van der Waals surface area contributed by atoms with Crippen molar-refractivity contribution < 1.29 is 14.0 Å². The molecule has 2 N–H and O–H groups in total. The van der Waals surface area contributed by atoms with Crippen LogP contribution in [0.25, 0.3) is 11.1 Å². The van der Waals surface area contributed by atoms with Gasteiger partial charge < -0.3 is 15.1 Å². The van der Waals surface area contributed by atoms with E-state index in [2.05, 4.69) is 15.1 Å². The van der Waals surface area contributed by atoms with E-state index in [1.165, 1.54) is 18.2 Å². The van der Waals surface area contributed by atoms with E-state index in [9.17, 15) is 9.18 Å². The predicted octanol–water partition coefficient (Wildman–Crippen LogP) is 2.72. The minimum Gasteiger partial charge on any atom is -0.399 e. The van der Waals surface area contributed by atoms with Gasteiger partial charge in [-0.05, 0) is 42.3 Å². The molecule has 0 saturated carbocycles. The quantitative estimate of drug-likeness (QED) is 0.366. The Labute approximate surface area is 184 Å². The minimum absolute atomic E-state index is 0.101. The van der Waals surface area contributed by atoms with Gasteiger partial charge in [-0.2, -0.15) is 4.39 Å². The summed E-state index contributed by atoms with van der Waals surface area (Å²) in [5.74, 6) is -0.793. The van der Waals surface area contributed by atoms with Gasteiger partial charge >= 0.3 is 0 Å². The number of carbonyl (C=O) groups is 1. The first-order valence-corrected chi connectivity index (χ1v) is 10.0. The minimum atomic E-state index is -1.41. The lowest BCUT2D eigenvalue weighted by atomic mass is 9.83. The van der Waals surface area contributed by atoms with E-state index in [1.807, 2.05) is 23.8 Å². The predicted molar refractivity (Wildman–Crippen MR) is 120 cm³/mol. The summed E-state index contributed by atoms with van der Waals surface area (Å²) in [7, 11) is 3.04. The lowest BCUT2D eigenvalue weighted by Crippen LogP contribution is -2.41. The topological polar surface area (TPSA) is 98.1 Å². The van der Waals surface area contributed by atoms with Gasteiger partial charge in [0.25, 0.3) is 5.91 Å². The fraction of sp³-hybridized carbons (Fsp3) is 0.217. The lowest BCUT2D eigenvalue weighted by Gasteiger charge is -2.25. The van der Waals surface area contributed by atoms with Crippen molar-refractivity contribution in [2.24, 2.45) is 15.9 Å². The van der Waals surface area contributed by atoms with Crippen molar-refractivity contribution in [2.45, 2.75) is 19.0 Å². The van der Waals surface area contributed by atoms with Crippen LogP contribution in [0.4, 0.5) is 4.39 Å². The third kappa shape index (κ3) is 3.31. The van der Waals surface area contributed by atoms with Gasteiger partial charge in [0.1, 0.15) is 7.11 Å². The van der Waals surface area contributed by atoms with E-state index < -0.39 is 11.5 Å². The Morgan fingerprint density at radius 2 is 2.06 bits per heavy atom. The first-order chi connectivity index (χ1) is 15.4. The van der Waals surface area contributed by atoms with Gasteiger partial charge in [0.05, 0.1) is 11.9 Å². The molecule has 1 aliphatic heterocycles. The van der Waals surface area contributed by atoms with Crippen LogP contribution in [0, 0.1) is 5.95 Å². The Morgan fingerprint density at radius 1 is 1.25 bits per heavy atom. The Kier molecular flexibility index (Phi) is 5.48. The van der Waals surface area contributed by atoms with E-state index in [1.54, 1.807) is 49.7 Å². The van der Waals surface area contributed by atoms with Gasteiger partial charge in [-0.1, -0.05) is 23.4 Å². The largest absolute Gasteiger partial charge is 0.399 e. The number of pyridine rings is 1. The first-order valence-electron chi connectivity index (χ1n) is 10.0. The summed E-state index contributed by atoms with van der Waals surface area (Å²) in [5.41, 5.74) is 7.52. The van der Waals surface area contributed by atoms with E-state index in [0.717, 1.165) is 5.69 Å². The highest BCUT2D eigenvalue weighted by Gasteiger charge is 2.50. The van der Waals surface area contributed by atoms with Crippen molar-refractivity contribution in [3.05, 3.63) is 77.6 Å². The first kappa shape index (κ1) is 21.2. The Hall–Kier alpha value is -4.01. The van der Waals surface area contributed by atoms with Gasteiger partial charge in [-0.3, -0.25) is 9.69 Å². The van der Waals surface area contributed by atoms with Crippen LogP contribution in [-0.2, 0) is 21.7 Å². The van der Waals surface area contributed by atoms with Gasteiger partial charge in [0.15, 0.2) is 11.5 Å². The number of likely N-dealkylation sites (N-methyl/N-ethyl adjacent to an activating group) is 1. The molecule has 0 fully saturated rings. The molecular weight excluding hydrogens is 411 g/mol. The smallest absolute Gasteiger partial charge is 0.266 e. The van der Waals surface area contributed by atoms with Crippen LogP contribution >= 0.6 is 0 Å². The van der Waals surface area contributed by atoms with Crippen molar-refractivity contribution >= 4 is 18.1 Å². The van der Waals surface area contributed by atoms with Crippen LogP contribution in [-0.4, -0.2) is 46.7 Å². The summed E-state index contributed by atoms with van der Waals surface area (Å²) in [4.78, 5) is 28.0. The number of nitrogens with zero attached hydrogens (tertiary/aromatic N) is 5. The maximum absolute atomic E-state index is 14.4. The molecule has 1 aliphatic rings. The van der Waals surface area contributed by atoms with Crippen LogP contribution in [0.1, 0.15) is 23.7 Å². The number of aromatic nitrogens is 2. The van der Waals surface area contributed by atoms with E-state index in [4.69, 9.17) is 10.6 Å². The number of oxime groups is 1.